The molecule has 0 aromatic heterocycles. The predicted octanol–water partition coefficient (Wildman–Crippen LogP) is 3.28. The van der Waals surface area contributed by atoms with Gasteiger partial charge in [0.25, 0.3) is 11.3 Å². The van der Waals surface area contributed by atoms with E-state index in [-0.39, 0.29) is 12.1 Å². The van der Waals surface area contributed by atoms with Crippen LogP contribution in [0.3, 0.4) is 0 Å². The number of amides is 1. The van der Waals surface area contributed by atoms with Crippen LogP contribution >= 0.6 is 0 Å². The molecule has 1 aliphatic rings. The molecule has 8 heteroatoms. The quantitative estimate of drug-likeness (QED) is 0.813. The van der Waals surface area contributed by atoms with Crippen molar-refractivity contribution in [2.75, 3.05) is 24.0 Å². The summed E-state index contributed by atoms with van der Waals surface area (Å²) in [4.78, 5) is 13.5. The summed E-state index contributed by atoms with van der Waals surface area (Å²) in [5.41, 5.74) is 1.13. The first-order valence-electron chi connectivity index (χ1n) is 8.80. The van der Waals surface area contributed by atoms with Crippen molar-refractivity contribution in [1.29, 1.82) is 5.26 Å². The molecule has 0 bridgehead atoms. The Morgan fingerprint density at radius 3 is 2.56 bits per heavy atom. The molecular weight excluding hydrogens is 366 g/mol. The first-order valence-corrected chi connectivity index (χ1v) is 9.87. The molecule has 1 fully saturated rings. The summed E-state index contributed by atoms with van der Waals surface area (Å²) in [6.07, 6.45) is 0.759. The maximum atomic E-state index is 12.2. The van der Waals surface area contributed by atoms with Gasteiger partial charge in [0.05, 0.1) is 23.9 Å². The van der Waals surface area contributed by atoms with Gasteiger partial charge in [0, 0.05) is 29.9 Å². The van der Waals surface area contributed by atoms with Crippen molar-refractivity contribution < 1.29 is 18.3 Å². The van der Waals surface area contributed by atoms with Gasteiger partial charge >= 0.3 is 6.09 Å². The minimum absolute atomic E-state index is 0.196. The van der Waals surface area contributed by atoms with E-state index in [4.69, 9.17) is 4.74 Å². The third-order valence-corrected chi connectivity index (χ3v) is 5.58. The predicted molar refractivity (Wildman–Crippen MR) is 104 cm³/mol. The maximum absolute atomic E-state index is 12.2. The van der Waals surface area contributed by atoms with Gasteiger partial charge in [0.15, 0.2) is 0 Å². The first kappa shape index (κ1) is 19.1. The molecule has 0 radical (unpaired) electrons. The Hall–Kier alpha value is -2.63. The highest BCUT2D eigenvalue weighted by Gasteiger charge is 2.31. The van der Waals surface area contributed by atoms with Crippen LogP contribution in [0.4, 0.5) is 10.5 Å². The largest absolute Gasteiger partial charge is 0.450 e. The molecule has 0 spiro atoms. The number of benzene rings is 2. The summed E-state index contributed by atoms with van der Waals surface area (Å²) in [5.74, 6) is 0. The molecular formula is C19H21N3O4S. The average molecular weight is 387 g/mol. The second-order valence-corrected chi connectivity index (χ2v) is 7.12. The van der Waals surface area contributed by atoms with E-state index in [1.165, 1.54) is 4.31 Å². The van der Waals surface area contributed by atoms with Crippen molar-refractivity contribution in [2.45, 2.75) is 25.8 Å². The molecule has 1 amide bonds. The Balaban J connectivity index is 1.90. The van der Waals surface area contributed by atoms with Crippen LogP contribution < -0.4 is 4.31 Å². The Morgan fingerprint density at radius 2 is 1.96 bits per heavy atom. The summed E-state index contributed by atoms with van der Waals surface area (Å²) in [6, 6.07) is 12.7. The van der Waals surface area contributed by atoms with Gasteiger partial charge < -0.3 is 9.64 Å². The number of piperidine rings is 1. The Labute approximate surface area is 160 Å². The van der Waals surface area contributed by atoms with Crippen LogP contribution in [-0.4, -0.2) is 45.5 Å². The zero-order valence-corrected chi connectivity index (χ0v) is 15.8. The molecule has 1 atom stereocenters. The second kappa shape index (κ2) is 8.37. The molecule has 142 valence electrons. The number of hydrogen-bond donors (Lipinski definition) is 1. The summed E-state index contributed by atoms with van der Waals surface area (Å²) < 4.78 is 28.7. The number of carbonyl (C=O) groups is 1. The van der Waals surface area contributed by atoms with Crippen LogP contribution in [0.5, 0.6) is 0 Å². The van der Waals surface area contributed by atoms with Crippen molar-refractivity contribution in [3.63, 3.8) is 0 Å². The highest BCUT2D eigenvalue weighted by atomic mass is 32.2. The van der Waals surface area contributed by atoms with E-state index in [2.05, 4.69) is 6.07 Å². The van der Waals surface area contributed by atoms with Gasteiger partial charge in [-0.05, 0) is 31.9 Å². The summed E-state index contributed by atoms with van der Waals surface area (Å²) in [6.45, 7) is 3.01. The van der Waals surface area contributed by atoms with Gasteiger partial charge in [-0.2, -0.15) is 5.26 Å². The second-order valence-electron chi connectivity index (χ2n) is 6.26. The molecule has 1 saturated heterocycles. The molecule has 0 aliphatic carbocycles. The van der Waals surface area contributed by atoms with Gasteiger partial charge in [-0.15, -0.1) is 0 Å². The average Bonchev–Trinajstić information content (AvgIpc) is 2.68. The van der Waals surface area contributed by atoms with Gasteiger partial charge in [0.1, 0.15) is 0 Å². The third kappa shape index (κ3) is 3.89. The van der Waals surface area contributed by atoms with Crippen molar-refractivity contribution in [3.05, 3.63) is 42.0 Å². The lowest BCUT2D eigenvalue weighted by atomic mass is 10.0. The van der Waals surface area contributed by atoms with E-state index in [0.29, 0.717) is 43.8 Å². The van der Waals surface area contributed by atoms with Crippen LogP contribution in [0.1, 0.15) is 25.3 Å². The zero-order chi connectivity index (χ0) is 19.4. The fourth-order valence-electron chi connectivity index (χ4n) is 3.48. The van der Waals surface area contributed by atoms with Crippen molar-refractivity contribution >= 4 is 33.8 Å². The number of anilines is 1. The monoisotopic (exact) mass is 387 g/mol. The molecule has 2 aromatic carbocycles. The maximum Gasteiger partial charge on any atom is 0.409 e. The van der Waals surface area contributed by atoms with Crippen LogP contribution in [-0.2, 0) is 16.0 Å². The van der Waals surface area contributed by atoms with E-state index >= 15 is 0 Å². The third-order valence-electron chi connectivity index (χ3n) is 4.75. The summed E-state index contributed by atoms with van der Waals surface area (Å²) in [5, 5.41) is 10.8. The number of nitrogens with zero attached hydrogens (tertiary/aromatic N) is 3. The van der Waals surface area contributed by atoms with Crippen LogP contribution in [0.2, 0.25) is 0 Å². The highest BCUT2D eigenvalue weighted by Crippen LogP contribution is 2.33. The molecule has 27 heavy (non-hydrogen) atoms. The molecule has 1 unspecified atom stereocenters. The Morgan fingerprint density at radius 1 is 1.30 bits per heavy atom. The normalized spacial score (nSPS) is 16.0. The lowest BCUT2D eigenvalue weighted by Gasteiger charge is -2.37. The number of ether oxygens (including phenoxy) is 1. The van der Waals surface area contributed by atoms with E-state index in [9.17, 15) is 18.8 Å². The molecule has 1 heterocycles. The number of fused-ring (bicyclic) bond motifs is 1. The van der Waals surface area contributed by atoms with Crippen LogP contribution in [0, 0.1) is 11.3 Å². The minimum atomic E-state index is -2.23. The van der Waals surface area contributed by atoms with E-state index in [0.717, 1.165) is 10.8 Å². The molecule has 2 aromatic rings. The lowest BCUT2D eigenvalue weighted by molar-refractivity contribution is 0.0976. The van der Waals surface area contributed by atoms with Gasteiger partial charge in [-0.1, -0.05) is 24.3 Å². The molecule has 0 saturated carbocycles. The summed E-state index contributed by atoms with van der Waals surface area (Å²) in [7, 11) is 0. The zero-order valence-electron chi connectivity index (χ0n) is 15.0. The fourth-order valence-corrected chi connectivity index (χ4v) is 4.27. The van der Waals surface area contributed by atoms with E-state index in [1.54, 1.807) is 24.0 Å². The van der Waals surface area contributed by atoms with E-state index in [1.807, 2.05) is 24.3 Å². The number of carbonyl (C=O) groups excluding carboxylic acids is 1. The Kier molecular flexibility index (Phi) is 5.94. The topological polar surface area (TPSA) is 93.9 Å². The number of likely N-dealkylation sites (tertiary alicyclic amines) is 1. The standard InChI is InChI=1S/C19H21N3O4S/c1-2-26-19(23)21-11-9-15(10-12-21)22(27(24)25)18-8-7-14(13-20)16-5-3-4-6-17(16)18/h3-8,15H,2,9-12H2,1H3,(H,24,25). The lowest BCUT2D eigenvalue weighted by Crippen LogP contribution is -2.47. The SMILES string of the molecule is CCOC(=O)N1CCC(N(c2ccc(C#N)c3ccccc23)S(=O)O)CC1. The molecule has 1 N–H and O–H groups in total. The van der Waals surface area contributed by atoms with Crippen molar-refractivity contribution in [2.24, 2.45) is 0 Å². The van der Waals surface area contributed by atoms with Gasteiger partial charge in [0.2, 0.25) is 0 Å². The summed E-state index contributed by atoms with van der Waals surface area (Å²) >= 11 is -2.23. The Bertz CT molecular complexity index is 903. The van der Waals surface area contributed by atoms with Crippen LogP contribution in [0.15, 0.2) is 36.4 Å². The number of rotatable bonds is 4. The highest BCUT2D eigenvalue weighted by molar-refractivity contribution is 7.80. The van der Waals surface area contributed by atoms with E-state index < -0.39 is 11.3 Å². The smallest absolute Gasteiger partial charge is 0.409 e. The van der Waals surface area contributed by atoms with Gasteiger partial charge in [-0.25, -0.2) is 9.00 Å². The number of hydrogen-bond acceptors (Lipinski definition) is 4. The fraction of sp³-hybridized carbons (Fsp3) is 0.368. The van der Waals surface area contributed by atoms with Crippen LogP contribution in [0.25, 0.3) is 10.8 Å². The first-order chi connectivity index (χ1) is 13.1. The molecule has 7 nitrogen and oxygen atoms in total. The molecule has 3 rings (SSSR count). The van der Waals surface area contributed by atoms with Crippen molar-refractivity contribution in [1.82, 2.24) is 4.90 Å². The minimum Gasteiger partial charge on any atom is -0.450 e. The number of nitriles is 1. The molecule has 1 aliphatic heterocycles. The van der Waals surface area contributed by atoms with Gasteiger partial charge in [-0.3, -0.25) is 8.86 Å². The van der Waals surface area contributed by atoms with Crippen molar-refractivity contribution in [3.8, 4) is 6.07 Å².